The molecule has 0 heterocycles. The molecule has 0 aromatic heterocycles. The third-order valence-electron chi connectivity index (χ3n) is 1.82. The van der Waals surface area contributed by atoms with Gasteiger partial charge in [0.05, 0.1) is 4.90 Å². The summed E-state index contributed by atoms with van der Waals surface area (Å²) in [6, 6.07) is 4.04. The van der Waals surface area contributed by atoms with Gasteiger partial charge in [-0.05, 0) is 24.0 Å². The Bertz CT molecular complexity index is 443. The van der Waals surface area contributed by atoms with E-state index in [1.165, 1.54) is 12.1 Å². The first-order chi connectivity index (χ1) is 6.32. The first-order valence-electron chi connectivity index (χ1n) is 3.82. The topological polar surface area (TPSA) is 101 Å². The number of sulfonamides is 1. The van der Waals surface area contributed by atoms with Crippen molar-refractivity contribution in [3.63, 3.8) is 0 Å². The molecule has 1 rings (SSSR count). The molecule has 76 valence electrons. The molecule has 0 spiro atoms. The van der Waals surface area contributed by atoms with E-state index < -0.39 is 17.1 Å². The van der Waals surface area contributed by atoms with Gasteiger partial charge >= 0.3 is 7.12 Å². The Morgan fingerprint density at radius 3 is 2.36 bits per heavy atom. The van der Waals surface area contributed by atoms with Gasteiger partial charge < -0.3 is 10.0 Å². The summed E-state index contributed by atoms with van der Waals surface area (Å²) >= 11 is 0. The van der Waals surface area contributed by atoms with Crippen molar-refractivity contribution in [3.8, 4) is 0 Å². The maximum absolute atomic E-state index is 11.0. The van der Waals surface area contributed by atoms with E-state index in [0.29, 0.717) is 5.56 Å². The Morgan fingerprint density at radius 1 is 1.36 bits per heavy atom. The van der Waals surface area contributed by atoms with Crippen molar-refractivity contribution in [2.24, 2.45) is 5.14 Å². The van der Waals surface area contributed by atoms with Crippen LogP contribution < -0.4 is 10.6 Å². The van der Waals surface area contributed by atoms with Crippen LogP contribution in [0.25, 0.3) is 0 Å². The highest BCUT2D eigenvalue weighted by molar-refractivity contribution is 7.89. The molecule has 0 fully saturated rings. The monoisotopic (exact) mass is 215 g/mol. The summed E-state index contributed by atoms with van der Waals surface area (Å²) in [5.74, 6) is 0. The number of rotatable bonds is 2. The predicted octanol–water partition coefficient (Wildman–Crippen LogP) is -1.68. The molecule has 0 amide bonds. The Balaban J connectivity index is 3.37. The smallest absolute Gasteiger partial charge is 0.423 e. The molecule has 0 aliphatic carbocycles. The van der Waals surface area contributed by atoms with Gasteiger partial charge in [-0.1, -0.05) is 12.1 Å². The van der Waals surface area contributed by atoms with Crippen molar-refractivity contribution in [1.82, 2.24) is 0 Å². The Labute approximate surface area is 82.4 Å². The molecule has 0 unspecified atom stereocenters. The average molecular weight is 215 g/mol. The van der Waals surface area contributed by atoms with Crippen molar-refractivity contribution in [2.75, 3.05) is 0 Å². The number of hydrogen-bond donors (Lipinski definition) is 3. The van der Waals surface area contributed by atoms with Crippen molar-refractivity contribution < 1.29 is 18.5 Å². The maximum atomic E-state index is 11.0. The van der Waals surface area contributed by atoms with Crippen LogP contribution in [0.15, 0.2) is 23.1 Å². The first kappa shape index (κ1) is 11.2. The summed E-state index contributed by atoms with van der Waals surface area (Å²) < 4.78 is 22.1. The summed E-state index contributed by atoms with van der Waals surface area (Å²) in [5.41, 5.74) is 0.566. The molecule has 14 heavy (non-hydrogen) atoms. The van der Waals surface area contributed by atoms with Crippen molar-refractivity contribution >= 4 is 22.6 Å². The van der Waals surface area contributed by atoms with Crippen LogP contribution in [-0.4, -0.2) is 25.6 Å². The molecule has 1 aromatic carbocycles. The number of nitrogens with two attached hydrogens (primary N) is 1. The molecule has 0 aliphatic heterocycles. The lowest BCUT2D eigenvalue weighted by atomic mass is 9.80. The second kappa shape index (κ2) is 3.70. The minimum absolute atomic E-state index is 0.0944. The summed E-state index contributed by atoms with van der Waals surface area (Å²) in [4.78, 5) is -0.0944. The average Bonchev–Trinajstić information content (AvgIpc) is 2.02. The van der Waals surface area contributed by atoms with Gasteiger partial charge in [0.1, 0.15) is 0 Å². The minimum atomic E-state index is -3.81. The fourth-order valence-corrected chi connectivity index (χ4v) is 1.90. The van der Waals surface area contributed by atoms with Crippen LogP contribution in [0.5, 0.6) is 0 Å². The van der Waals surface area contributed by atoms with E-state index in [-0.39, 0.29) is 10.4 Å². The molecule has 0 saturated carbocycles. The van der Waals surface area contributed by atoms with Crippen LogP contribution in [0.4, 0.5) is 0 Å². The number of primary sulfonamides is 1. The zero-order chi connectivity index (χ0) is 10.9. The first-order valence-corrected chi connectivity index (χ1v) is 5.36. The summed E-state index contributed by atoms with van der Waals surface area (Å²) in [6.07, 6.45) is 0. The molecular weight excluding hydrogens is 205 g/mol. The van der Waals surface area contributed by atoms with E-state index in [1.54, 1.807) is 6.92 Å². The summed E-state index contributed by atoms with van der Waals surface area (Å²) in [7, 11) is -5.51. The lowest BCUT2D eigenvalue weighted by Gasteiger charge is -2.05. The number of benzene rings is 1. The van der Waals surface area contributed by atoms with Gasteiger partial charge in [0, 0.05) is 0 Å². The Morgan fingerprint density at radius 2 is 1.93 bits per heavy atom. The Kier molecular flexibility index (Phi) is 2.96. The Hall–Kier alpha value is -0.885. The molecule has 0 bridgehead atoms. The quantitative estimate of drug-likeness (QED) is 0.513. The van der Waals surface area contributed by atoms with E-state index in [1.807, 2.05) is 0 Å². The summed E-state index contributed by atoms with van der Waals surface area (Å²) in [5, 5.41) is 22.6. The second-order valence-electron chi connectivity index (χ2n) is 2.94. The normalized spacial score (nSPS) is 11.4. The van der Waals surface area contributed by atoms with E-state index in [2.05, 4.69) is 0 Å². The zero-order valence-corrected chi connectivity index (χ0v) is 8.32. The van der Waals surface area contributed by atoms with Crippen LogP contribution in [0, 0.1) is 6.92 Å². The van der Waals surface area contributed by atoms with Crippen LogP contribution in [0.2, 0.25) is 0 Å². The lowest BCUT2D eigenvalue weighted by Crippen LogP contribution is -2.31. The van der Waals surface area contributed by atoms with Crippen LogP contribution in [-0.2, 0) is 10.0 Å². The third-order valence-corrected chi connectivity index (χ3v) is 2.87. The van der Waals surface area contributed by atoms with Gasteiger partial charge in [-0.2, -0.15) is 0 Å². The van der Waals surface area contributed by atoms with Crippen LogP contribution >= 0.6 is 0 Å². The molecule has 0 aliphatic rings. The van der Waals surface area contributed by atoms with Gasteiger partial charge in [-0.25, -0.2) is 13.6 Å². The zero-order valence-electron chi connectivity index (χ0n) is 7.51. The molecule has 0 radical (unpaired) electrons. The number of hydrogen-bond acceptors (Lipinski definition) is 4. The van der Waals surface area contributed by atoms with Crippen molar-refractivity contribution in [1.29, 1.82) is 0 Å². The molecule has 5 nitrogen and oxygen atoms in total. The van der Waals surface area contributed by atoms with E-state index in [9.17, 15) is 8.42 Å². The van der Waals surface area contributed by atoms with Gasteiger partial charge in [0.15, 0.2) is 0 Å². The maximum Gasteiger partial charge on any atom is 0.488 e. The molecule has 0 atom stereocenters. The third kappa shape index (κ3) is 2.33. The second-order valence-corrected chi connectivity index (χ2v) is 4.47. The van der Waals surface area contributed by atoms with Crippen molar-refractivity contribution in [3.05, 3.63) is 23.8 Å². The van der Waals surface area contributed by atoms with Gasteiger partial charge in [0.25, 0.3) is 0 Å². The predicted molar refractivity (Wildman–Crippen MR) is 52.4 cm³/mol. The highest BCUT2D eigenvalue weighted by atomic mass is 32.2. The highest BCUT2D eigenvalue weighted by Crippen LogP contribution is 2.10. The molecule has 0 saturated heterocycles. The van der Waals surface area contributed by atoms with Gasteiger partial charge in [0.2, 0.25) is 10.0 Å². The summed E-state index contributed by atoms with van der Waals surface area (Å²) in [6.45, 7) is 1.58. The fraction of sp³-hybridized carbons (Fsp3) is 0.143. The van der Waals surface area contributed by atoms with E-state index in [0.717, 1.165) is 6.07 Å². The van der Waals surface area contributed by atoms with E-state index >= 15 is 0 Å². The largest absolute Gasteiger partial charge is 0.488 e. The molecule has 1 aromatic rings. The minimum Gasteiger partial charge on any atom is -0.423 e. The van der Waals surface area contributed by atoms with E-state index in [4.69, 9.17) is 15.2 Å². The molecule has 4 N–H and O–H groups in total. The highest BCUT2D eigenvalue weighted by Gasteiger charge is 2.17. The van der Waals surface area contributed by atoms with Gasteiger partial charge in [-0.15, -0.1) is 0 Å². The van der Waals surface area contributed by atoms with Crippen molar-refractivity contribution in [2.45, 2.75) is 11.8 Å². The van der Waals surface area contributed by atoms with Gasteiger partial charge in [-0.3, -0.25) is 0 Å². The fourth-order valence-electron chi connectivity index (χ4n) is 1.08. The molecular formula is C7H10BNO4S. The van der Waals surface area contributed by atoms with Crippen LogP contribution in [0.3, 0.4) is 0 Å². The van der Waals surface area contributed by atoms with Crippen LogP contribution in [0.1, 0.15) is 5.56 Å². The standard InChI is InChI=1S/C7H10BNO4S/c1-5-2-3-6(8(10)11)4-7(5)14(9,12)13/h2-4,10-11H,1H3,(H2,9,12,13). The molecule has 7 heteroatoms. The SMILES string of the molecule is Cc1ccc(B(O)O)cc1S(N)(=O)=O. The lowest BCUT2D eigenvalue weighted by molar-refractivity contribution is 0.425. The number of aryl methyl sites for hydroxylation is 1.